The van der Waals surface area contributed by atoms with Crippen molar-refractivity contribution in [2.24, 2.45) is 5.92 Å². The Labute approximate surface area is 109 Å². The molecule has 1 aromatic rings. The van der Waals surface area contributed by atoms with Crippen LogP contribution in [0.25, 0.3) is 0 Å². The summed E-state index contributed by atoms with van der Waals surface area (Å²) in [4.78, 5) is 0. The minimum absolute atomic E-state index is 0.0382. The second-order valence-electron chi connectivity index (χ2n) is 5.51. The molecule has 1 saturated carbocycles. The zero-order valence-corrected chi connectivity index (χ0v) is 11.0. The van der Waals surface area contributed by atoms with Crippen LogP contribution in [-0.4, -0.2) is 16.3 Å². The summed E-state index contributed by atoms with van der Waals surface area (Å²) >= 11 is 0. The molecule has 1 fully saturated rings. The van der Waals surface area contributed by atoms with E-state index in [4.69, 9.17) is 0 Å². The number of nitrogens with one attached hydrogen (secondary N) is 1. The van der Waals surface area contributed by atoms with Gasteiger partial charge in [0.15, 0.2) is 11.5 Å². The minimum atomic E-state index is -0.0537. The average molecular weight is 249 g/mol. The highest BCUT2D eigenvalue weighted by Crippen LogP contribution is 2.26. The summed E-state index contributed by atoms with van der Waals surface area (Å²) < 4.78 is 0. The summed E-state index contributed by atoms with van der Waals surface area (Å²) in [6.07, 6.45) is 6.44. The van der Waals surface area contributed by atoms with Gasteiger partial charge in [0.05, 0.1) is 0 Å². The first-order valence-corrected chi connectivity index (χ1v) is 6.89. The van der Waals surface area contributed by atoms with E-state index in [0.29, 0.717) is 6.04 Å². The van der Waals surface area contributed by atoms with E-state index in [2.05, 4.69) is 12.2 Å². The Morgan fingerprint density at radius 2 is 1.94 bits per heavy atom. The standard InChI is InChI=1S/C15H23NO2/c1-11-3-2-4-13(7-5-11)16-10-12-6-8-14(17)15(18)9-12/h6,8-9,11,13,16-18H,2-5,7,10H2,1H3. The number of phenols is 2. The predicted octanol–water partition coefficient (Wildman–Crippen LogP) is 3.16. The van der Waals surface area contributed by atoms with Crippen LogP contribution in [-0.2, 0) is 6.54 Å². The summed E-state index contributed by atoms with van der Waals surface area (Å²) in [5, 5.41) is 22.2. The molecule has 0 saturated heterocycles. The number of aromatic hydroxyl groups is 2. The molecule has 0 spiro atoms. The summed E-state index contributed by atoms with van der Waals surface area (Å²) in [7, 11) is 0. The largest absolute Gasteiger partial charge is 0.504 e. The van der Waals surface area contributed by atoms with E-state index in [-0.39, 0.29) is 11.5 Å². The molecule has 0 aliphatic heterocycles. The first-order valence-electron chi connectivity index (χ1n) is 6.89. The van der Waals surface area contributed by atoms with E-state index in [1.54, 1.807) is 12.1 Å². The zero-order chi connectivity index (χ0) is 13.0. The van der Waals surface area contributed by atoms with Crippen molar-refractivity contribution in [3.63, 3.8) is 0 Å². The molecular formula is C15H23NO2. The third kappa shape index (κ3) is 3.64. The molecule has 18 heavy (non-hydrogen) atoms. The third-order valence-electron chi connectivity index (χ3n) is 3.89. The second-order valence-corrected chi connectivity index (χ2v) is 5.51. The van der Waals surface area contributed by atoms with Gasteiger partial charge in [0.2, 0.25) is 0 Å². The highest BCUT2D eigenvalue weighted by molar-refractivity contribution is 5.40. The Morgan fingerprint density at radius 1 is 1.11 bits per heavy atom. The maximum absolute atomic E-state index is 9.44. The van der Waals surface area contributed by atoms with Crippen molar-refractivity contribution in [2.75, 3.05) is 0 Å². The van der Waals surface area contributed by atoms with Gasteiger partial charge in [-0.1, -0.05) is 25.8 Å². The monoisotopic (exact) mass is 249 g/mol. The summed E-state index contributed by atoms with van der Waals surface area (Å²) in [5.74, 6) is 0.764. The maximum atomic E-state index is 9.44. The molecule has 2 atom stereocenters. The molecule has 2 unspecified atom stereocenters. The summed E-state index contributed by atoms with van der Waals surface area (Å²) in [6, 6.07) is 5.61. The van der Waals surface area contributed by atoms with E-state index in [1.807, 2.05) is 6.07 Å². The molecule has 1 aromatic carbocycles. The summed E-state index contributed by atoms with van der Waals surface area (Å²) in [5.41, 5.74) is 1.02. The third-order valence-corrected chi connectivity index (χ3v) is 3.89. The topological polar surface area (TPSA) is 52.5 Å². The highest BCUT2D eigenvalue weighted by atomic mass is 16.3. The lowest BCUT2D eigenvalue weighted by molar-refractivity contribution is 0.402. The van der Waals surface area contributed by atoms with Gasteiger partial charge >= 0.3 is 0 Å². The molecule has 2 rings (SSSR count). The first-order chi connectivity index (χ1) is 8.65. The molecule has 0 radical (unpaired) electrons. The van der Waals surface area contributed by atoms with Crippen LogP contribution in [0.1, 0.15) is 44.6 Å². The van der Waals surface area contributed by atoms with E-state index < -0.39 is 0 Å². The van der Waals surface area contributed by atoms with Gasteiger partial charge in [-0.25, -0.2) is 0 Å². The molecule has 3 N–H and O–H groups in total. The molecular weight excluding hydrogens is 226 g/mol. The van der Waals surface area contributed by atoms with Crippen molar-refractivity contribution < 1.29 is 10.2 Å². The zero-order valence-electron chi connectivity index (χ0n) is 11.0. The van der Waals surface area contributed by atoms with Crippen molar-refractivity contribution in [1.29, 1.82) is 0 Å². The van der Waals surface area contributed by atoms with E-state index in [0.717, 1.165) is 18.0 Å². The molecule has 3 heteroatoms. The molecule has 100 valence electrons. The van der Waals surface area contributed by atoms with Gasteiger partial charge in [0, 0.05) is 12.6 Å². The Morgan fingerprint density at radius 3 is 2.72 bits per heavy atom. The van der Waals surface area contributed by atoms with Gasteiger partial charge in [0.1, 0.15) is 0 Å². The predicted molar refractivity (Wildman–Crippen MR) is 72.6 cm³/mol. The van der Waals surface area contributed by atoms with Crippen LogP contribution >= 0.6 is 0 Å². The van der Waals surface area contributed by atoms with Crippen LogP contribution in [0.3, 0.4) is 0 Å². The number of rotatable bonds is 3. The Balaban J connectivity index is 1.85. The fourth-order valence-corrected chi connectivity index (χ4v) is 2.63. The maximum Gasteiger partial charge on any atom is 0.157 e. The van der Waals surface area contributed by atoms with Crippen molar-refractivity contribution in [3.8, 4) is 11.5 Å². The van der Waals surface area contributed by atoms with E-state index >= 15 is 0 Å². The molecule has 0 aromatic heterocycles. The second kappa shape index (κ2) is 6.10. The number of benzene rings is 1. The van der Waals surface area contributed by atoms with Crippen molar-refractivity contribution in [1.82, 2.24) is 5.32 Å². The van der Waals surface area contributed by atoms with Crippen LogP contribution in [0.4, 0.5) is 0 Å². The van der Waals surface area contributed by atoms with Gasteiger partial charge in [0.25, 0.3) is 0 Å². The fraction of sp³-hybridized carbons (Fsp3) is 0.600. The minimum Gasteiger partial charge on any atom is -0.504 e. The van der Waals surface area contributed by atoms with Crippen molar-refractivity contribution in [2.45, 2.75) is 51.6 Å². The van der Waals surface area contributed by atoms with Crippen LogP contribution in [0.5, 0.6) is 11.5 Å². The molecule has 0 bridgehead atoms. The van der Waals surface area contributed by atoms with Gasteiger partial charge in [-0.2, -0.15) is 0 Å². The average Bonchev–Trinajstić information content (AvgIpc) is 2.56. The molecule has 0 amide bonds. The molecule has 1 aliphatic carbocycles. The molecule has 1 aliphatic rings. The number of phenolic OH excluding ortho intramolecular Hbond substituents is 2. The van der Waals surface area contributed by atoms with Crippen LogP contribution in [0.15, 0.2) is 18.2 Å². The first kappa shape index (κ1) is 13.2. The van der Waals surface area contributed by atoms with Crippen LogP contribution < -0.4 is 5.32 Å². The quantitative estimate of drug-likeness (QED) is 0.569. The van der Waals surface area contributed by atoms with Gasteiger partial charge in [-0.15, -0.1) is 0 Å². The van der Waals surface area contributed by atoms with Crippen molar-refractivity contribution in [3.05, 3.63) is 23.8 Å². The SMILES string of the molecule is CC1CCCC(NCc2ccc(O)c(O)c2)CC1. The van der Waals surface area contributed by atoms with Crippen LogP contribution in [0.2, 0.25) is 0 Å². The van der Waals surface area contributed by atoms with Crippen molar-refractivity contribution >= 4 is 0 Å². The van der Waals surface area contributed by atoms with E-state index in [1.165, 1.54) is 32.1 Å². The fourth-order valence-electron chi connectivity index (χ4n) is 2.63. The molecule has 0 heterocycles. The Kier molecular flexibility index (Phi) is 4.48. The lowest BCUT2D eigenvalue weighted by Gasteiger charge is -2.16. The number of hydrogen-bond acceptors (Lipinski definition) is 3. The smallest absolute Gasteiger partial charge is 0.157 e. The van der Waals surface area contributed by atoms with Gasteiger partial charge in [-0.3, -0.25) is 0 Å². The Hall–Kier alpha value is -1.22. The van der Waals surface area contributed by atoms with E-state index in [9.17, 15) is 10.2 Å². The van der Waals surface area contributed by atoms with Gasteiger partial charge in [-0.05, 0) is 42.9 Å². The molecule has 3 nitrogen and oxygen atoms in total. The summed E-state index contributed by atoms with van der Waals surface area (Å²) in [6.45, 7) is 3.09. The van der Waals surface area contributed by atoms with Crippen LogP contribution in [0, 0.1) is 5.92 Å². The van der Waals surface area contributed by atoms with Gasteiger partial charge < -0.3 is 15.5 Å². The number of hydrogen-bond donors (Lipinski definition) is 3. The lowest BCUT2D eigenvalue weighted by atomic mass is 10.0. The lowest BCUT2D eigenvalue weighted by Crippen LogP contribution is -2.27. The Bertz CT molecular complexity index is 392. The highest BCUT2D eigenvalue weighted by Gasteiger charge is 2.15. The normalized spacial score (nSPS) is 24.7.